The van der Waals surface area contributed by atoms with E-state index in [0.29, 0.717) is 5.82 Å². The zero-order valence-corrected chi connectivity index (χ0v) is 11.0. The molecule has 0 amide bonds. The first-order valence-electron chi connectivity index (χ1n) is 5.94. The average molecular weight is 260 g/mol. The summed E-state index contributed by atoms with van der Waals surface area (Å²) in [6, 6.07) is 3.94. The van der Waals surface area contributed by atoms with Crippen molar-refractivity contribution < 1.29 is 4.74 Å². The minimum absolute atomic E-state index is 0.236. The van der Waals surface area contributed by atoms with Crippen LogP contribution in [0.3, 0.4) is 0 Å². The number of pyridine rings is 1. The normalized spacial score (nSPS) is 10.2. The van der Waals surface area contributed by atoms with Crippen molar-refractivity contribution in [3.8, 4) is 5.75 Å². The van der Waals surface area contributed by atoms with Crippen molar-refractivity contribution in [1.82, 2.24) is 15.0 Å². The molecule has 2 rings (SSSR count). The monoisotopic (exact) mass is 260 g/mol. The Labute approximate surface area is 111 Å². The third-order valence-electron chi connectivity index (χ3n) is 2.84. The number of H-pyrrole nitrogens is 1. The maximum atomic E-state index is 11.6. The summed E-state index contributed by atoms with van der Waals surface area (Å²) < 4.78 is 5.09. The van der Waals surface area contributed by atoms with Crippen molar-refractivity contribution in [2.24, 2.45) is 0 Å². The largest absolute Gasteiger partial charge is 0.489 e. The average Bonchev–Trinajstić information content (AvgIpc) is 2.45. The summed E-state index contributed by atoms with van der Waals surface area (Å²) in [4.78, 5) is 24.1. The Bertz CT molecular complexity index is 583. The van der Waals surface area contributed by atoms with Crippen molar-refractivity contribution in [2.45, 2.75) is 6.42 Å². The summed E-state index contributed by atoms with van der Waals surface area (Å²) in [5.41, 5.74) is 0.911. The number of aromatic nitrogens is 3. The predicted molar refractivity (Wildman–Crippen MR) is 72.6 cm³/mol. The van der Waals surface area contributed by atoms with Gasteiger partial charge in [-0.2, -0.15) is 0 Å². The fourth-order valence-electron chi connectivity index (χ4n) is 1.79. The van der Waals surface area contributed by atoms with Crippen LogP contribution < -0.4 is 15.2 Å². The van der Waals surface area contributed by atoms with Gasteiger partial charge in [-0.05, 0) is 24.1 Å². The van der Waals surface area contributed by atoms with Crippen molar-refractivity contribution in [3.63, 3.8) is 0 Å². The molecule has 0 saturated carbocycles. The van der Waals surface area contributed by atoms with Gasteiger partial charge in [-0.1, -0.05) is 0 Å². The summed E-state index contributed by atoms with van der Waals surface area (Å²) >= 11 is 0. The van der Waals surface area contributed by atoms with Gasteiger partial charge in [0.2, 0.25) is 5.75 Å². The molecule has 2 aromatic rings. The molecule has 6 nitrogen and oxygen atoms in total. The number of rotatable bonds is 5. The summed E-state index contributed by atoms with van der Waals surface area (Å²) in [6.07, 6.45) is 5.75. The number of hydrogen-bond acceptors (Lipinski definition) is 5. The van der Waals surface area contributed by atoms with E-state index in [9.17, 15) is 4.79 Å². The highest BCUT2D eigenvalue weighted by atomic mass is 16.5. The van der Waals surface area contributed by atoms with Crippen LogP contribution >= 0.6 is 0 Å². The van der Waals surface area contributed by atoms with Gasteiger partial charge in [0.05, 0.1) is 13.4 Å². The molecule has 2 aromatic heterocycles. The second kappa shape index (κ2) is 5.99. The molecule has 2 heterocycles. The summed E-state index contributed by atoms with van der Waals surface area (Å²) in [5.74, 6) is 0.778. The van der Waals surface area contributed by atoms with Crippen LogP contribution in [0.4, 0.5) is 5.82 Å². The van der Waals surface area contributed by atoms with E-state index in [2.05, 4.69) is 15.0 Å². The quantitative estimate of drug-likeness (QED) is 0.863. The zero-order valence-electron chi connectivity index (χ0n) is 11.0. The molecule has 0 aliphatic heterocycles. The highest BCUT2D eigenvalue weighted by Crippen LogP contribution is 2.18. The van der Waals surface area contributed by atoms with Gasteiger partial charge in [0.25, 0.3) is 5.56 Å². The highest BCUT2D eigenvalue weighted by molar-refractivity contribution is 5.49. The number of hydrogen-bond donors (Lipinski definition) is 1. The van der Waals surface area contributed by atoms with E-state index < -0.39 is 0 Å². The number of aromatic amines is 1. The summed E-state index contributed by atoms with van der Waals surface area (Å²) in [6.45, 7) is 0.733. The van der Waals surface area contributed by atoms with Gasteiger partial charge in [-0.15, -0.1) is 0 Å². The molecule has 0 bridgehead atoms. The van der Waals surface area contributed by atoms with Crippen LogP contribution in [-0.4, -0.2) is 35.7 Å². The maximum Gasteiger partial charge on any atom is 0.295 e. The van der Waals surface area contributed by atoms with Crippen molar-refractivity contribution in [3.05, 3.63) is 46.8 Å². The minimum Gasteiger partial charge on any atom is -0.489 e. The molecule has 0 aliphatic carbocycles. The third kappa shape index (κ3) is 3.09. The first-order chi connectivity index (χ1) is 9.22. The van der Waals surface area contributed by atoms with E-state index >= 15 is 0 Å². The smallest absolute Gasteiger partial charge is 0.295 e. The fourth-order valence-corrected chi connectivity index (χ4v) is 1.79. The predicted octanol–water partition coefficient (Wildman–Crippen LogP) is 0.852. The Morgan fingerprint density at radius 2 is 2.11 bits per heavy atom. The van der Waals surface area contributed by atoms with Crippen molar-refractivity contribution in [1.29, 1.82) is 0 Å². The van der Waals surface area contributed by atoms with Gasteiger partial charge in [-0.3, -0.25) is 9.78 Å². The molecule has 0 spiro atoms. The number of methoxy groups -OCH3 is 1. The highest BCUT2D eigenvalue weighted by Gasteiger charge is 2.13. The van der Waals surface area contributed by atoms with Crippen LogP contribution in [-0.2, 0) is 6.42 Å². The van der Waals surface area contributed by atoms with E-state index in [-0.39, 0.29) is 11.3 Å². The number of likely N-dealkylation sites (N-methyl/N-ethyl adjacent to an activating group) is 1. The Balaban J connectivity index is 2.10. The van der Waals surface area contributed by atoms with Gasteiger partial charge >= 0.3 is 0 Å². The molecule has 0 unspecified atom stereocenters. The SMILES string of the molecule is COc1c(N(C)CCc2ccncc2)nc[nH]c1=O. The number of ether oxygens (including phenoxy) is 1. The second-order valence-corrected chi connectivity index (χ2v) is 4.12. The number of nitrogens with zero attached hydrogens (tertiary/aromatic N) is 3. The van der Waals surface area contributed by atoms with E-state index in [1.807, 2.05) is 24.1 Å². The van der Waals surface area contributed by atoms with Gasteiger partial charge in [0.1, 0.15) is 0 Å². The molecule has 0 atom stereocenters. The number of anilines is 1. The van der Waals surface area contributed by atoms with Crippen LogP contribution in [0, 0.1) is 0 Å². The molecule has 1 N–H and O–H groups in total. The Hall–Kier alpha value is -2.37. The third-order valence-corrected chi connectivity index (χ3v) is 2.84. The standard InChI is InChI=1S/C13H16N4O2/c1-17(8-5-10-3-6-14-7-4-10)12-11(19-2)13(18)16-9-15-12/h3-4,6-7,9H,5,8H2,1-2H3,(H,15,16,18). The lowest BCUT2D eigenvalue weighted by atomic mass is 10.2. The van der Waals surface area contributed by atoms with Gasteiger partial charge in [-0.25, -0.2) is 4.98 Å². The lowest BCUT2D eigenvalue weighted by Gasteiger charge is -2.19. The molecule has 0 radical (unpaired) electrons. The van der Waals surface area contributed by atoms with Crippen LogP contribution in [0.2, 0.25) is 0 Å². The van der Waals surface area contributed by atoms with Crippen molar-refractivity contribution >= 4 is 5.82 Å². The molecule has 19 heavy (non-hydrogen) atoms. The van der Waals surface area contributed by atoms with Crippen LogP contribution in [0.1, 0.15) is 5.56 Å². The molecule has 100 valence electrons. The van der Waals surface area contributed by atoms with Gasteiger partial charge in [0, 0.05) is 26.0 Å². The second-order valence-electron chi connectivity index (χ2n) is 4.12. The summed E-state index contributed by atoms with van der Waals surface area (Å²) in [7, 11) is 3.35. The van der Waals surface area contributed by atoms with E-state index in [4.69, 9.17) is 4.74 Å². The van der Waals surface area contributed by atoms with Crippen LogP contribution in [0.5, 0.6) is 5.75 Å². The Kier molecular flexibility index (Phi) is 4.12. The number of nitrogens with one attached hydrogen (secondary N) is 1. The first-order valence-corrected chi connectivity index (χ1v) is 5.94. The lowest BCUT2D eigenvalue weighted by molar-refractivity contribution is 0.406. The van der Waals surface area contributed by atoms with Crippen molar-refractivity contribution in [2.75, 3.05) is 25.6 Å². The zero-order chi connectivity index (χ0) is 13.7. The fraction of sp³-hybridized carbons (Fsp3) is 0.308. The van der Waals surface area contributed by atoms with E-state index in [1.165, 1.54) is 19.0 Å². The minimum atomic E-state index is -0.275. The lowest BCUT2D eigenvalue weighted by Crippen LogP contribution is -2.25. The van der Waals surface area contributed by atoms with E-state index in [0.717, 1.165) is 13.0 Å². The molecule has 0 aromatic carbocycles. The first kappa shape index (κ1) is 13.1. The molecule has 0 aliphatic rings. The Morgan fingerprint density at radius 1 is 1.37 bits per heavy atom. The molecule has 0 fully saturated rings. The topological polar surface area (TPSA) is 71.1 Å². The molecule has 6 heteroatoms. The maximum absolute atomic E-state index is 11.6. The van der Waals surface area contributed by atoms with Crippen LogP contribution in [0.25, 0.3) is 0 Å². The molecule has 0 saturated heterocycles. The van der Waals surface area contributed by atoms with Gasteiger partial charge in [0.15, 0.2) is 5.82 Å². The van der Waals surface area contributed by atoms with E-state index in [1.54, 1.807) is 12.4 Å². The summed E-state index contributed by atoms with van der Waals surface area (Å²) in [5, 5.41) is 0. The van der Waals surface area contributed by atoms with Gasteiger partial charge < -0.3 is 14.6 Å². The molecular weight excluding hydrogens is 244 g/mol. The Morgan fingerprint density at radius 3 is 2.79 bits per heavy atom. The van der Waals surface area contributed by atoms with Crippen LogP contribution in [0.15, 0.2) is 35.6 Å². The molecular formula is C13H16N4O2.